The zero-order valence-electron chi connectivity index (χ0n) is 14.5. The van der Waals surface area contributed by atoms with E-state index in [1.807, 2.05) is 0 Å². The Morgan fingerprint density at radius 2 is 2.00 bits per heavy atom. The first kappa shape index (κ1) is 20.5. The number of rotatable bonds is 7. The molecule has 0 atom stereocenters. The Hall–Kier alpha value is -2.53. The van der Waals surface area contributed by atoms with E-state index >= 15 is 0 Å². The second-order valence-electron chi connectivity index (χ2n) is 5.00. The van der Waals surface area contributed by atoms with Gasteiger partial charge in [-0.05, 0) is 46.6 Å². The molecule has 8 heteroatoms. The van der Waals surface area contributed by atoms with Gasteiger partial charge in [0.1, 0.15) is 11.6 Å². The van der Waals surface area contributed by atoms with E-state index < -0.39 is 5.97 Å². The highest BCUT2D eigenvalue weighted by atomic mass is 79.9. The van der Waals surface area contributed by atoms with Gasteiger partial charge in [0.25, 0.3) is 5.91 Å². The molecule has 1 aromatic rings. The molecule has 1 rings (SSSR count). The molecule has 0 fully saturated rings. The third-order valence-corrected chi connectivity index (χ3v) is 3.60. The van der Waals surface area contributed by atoms with Crippen molar-refractivity contribution in [1.29, 1.82) is 5.26 Å². The summed E-state index contributed by atoms with van der Waals surface area (Å²) in [5.74, 6) is -0.174. The van der Waals surface area contributed by atoms with Crippen molar-refractivity contribution >= 4 is 33.9 Å². The highest BCUT2D eigenvalue weighted by Gasteiger charge is 2.16. The van der Waals surface area contributed by atoms with Gasteiger partial charge in [-0.15, -0.1) is 0 Å². The normalized spacial score (nSPS) is 10.6. The minimum absolute atomic E-state index is 0.145. The summed E-state index contributed by atoms with van der Waals surface area (Å²) in [6.07, 6.45) is 1.38. The van der Waals surface area contributed by atoms with Crippen LogP contribution in [-0.2, 0) is 14.3 Å². The maximum absolute atomic E-state index is 11.7. The molecular formula is C17H19BrN2O5. The smallest absolute Gasteiger partial charge is 0.348 e. The average molecular weight is 411 g/mol. The van der Waals surface area contributed by atoms with Crippen LogP contribution in [0.2, 0.25) is 0 Å². The van der Waals surface area contributed by atoms with Crippen molar-refractivity contribution in [3.05, 3.63) is 27.7 Å². The summed E-state index contributed by atoms with van der Waals surface area (Å²) >= 11 is 3.36. The standard InChI is InChI=1S/C17H19BrN2O5/c1-5-24-14-8-11(6-12(9-19)17(22)23-4)7-13(18)16(14)25-10-15(21)20(2)3/h6-8H,5,10H2,1-4H3/b12-6+. The topological polar surface area (TPSA) is 88.9 Å². The van der Waals surface area contributed by atoms with Crippen LogP contribution in [0.4, 0.5) is 0 Å². The fourth-order valence-electron chi connectivity index (χ4n) is 1.75. The Balaban J connectivity index is 3.22. The van der Waals surface area contributed by atoms with E-state index in [-0.39, 0.29) is 18.1 Å². The number of likely N-dealkylation sites (N-methyl/N-ethyl adjacent to an activating group) is 1. The van der Waals surface area contributed by atoms with Gasteiger partial charge < -0.3 is 19.1 Å². The molecule has 0 aliphatic carbocycles. The van der Waals surface area contributed by atoms with Gasteiger partial charge in [0.05, 0.1) is 18.2 Å². The fourth-order valence-corrected chi connectivity index (χ4v) is 2.32. The number of ether oxygens (including phenoxy) is 3. The summed E-state index contributed by atoms with van der Waals surface area (Å²) in [7, 11) is 4.47. The molecular weight excluding hydrogens is 392 g/mol. The molecule has 0 heterocycles. The molecule has 134 valence electrons. The van der Waals surface area contributed by atoms with Gasteiger partial charge in [0.15, 0.2) is 18.1 Å². The lowest BCUT2D eigenvalue weighted by Crippen LogP contribution is -2.27. The summed E-state index contributed by atoms with van der Waals surface area (Å²) in [6, 6.07) is 5.05. The highest BCUT2D eigenvalue weighted by molar-refractivity contribution is 9.10. The number of halogens is 1. The molecule has 1 amide bonds. The molecule has 25 heavy (non-hydrogen) atoms. The quantitative estimate of drug-likeness (QED) is 0.389. The molecule has 0 aliphatic heterocycles. The zero-order chi connectivity index (χ0) is 19.0. The maximum atomic E-state index is 11.7. The molecule has 0 aromatic heterocycles. The van der Waals surface area contributed by atoms with Gasteiger partial charge in [-0.3, -0.25) is 4.79 Å². The molecule has 0 saturated carbocycles. The minimum Gasteiger partial charge on any atom is -0.490 e. The van der Waals surface area contributed by atoms with E-state index in [4.69, 9.17) is 14.7 Å². The second kappa shape index (κ2) is 9.69. The number of methoxy groups -OCH3 is 1. The molecule has 1 aromatic carbocycles. The first-order valence-electron chi connectivity index (χ1n) is 7.33. The van der Waals surface area contributed by atoms with Gasteiger partial charge in [0.2, 0.25) is 0 Å². The molecule has 0 unspecified atom stereocenters. The first-order chi connectivity index (χ1) is 11.8. The summed E-state index contributed by atoms with van der Waals surface area (Å²) in [4.78, 5) is 24.6. The van der Waals surface area contributed by atoms with Gasteiger partial charge in [-0.25, -0.2) is 4.79 Å². The van der Waals surface area contributed by atoms with Crippen LogP contribution in [0.3, 0.4) is 0 Å². The molecule has 7 nitrogen and oxygen atoms in total. The number of esters is 1. The first-order valence-corrected chi connectivity index (χ1v) is 8.12. The number of hydrogen-bond acceptors (Lipinski definition) is 6. The van der Waals surface area contributed by atoms with Gasteiger partial charge in [-0.1, -0.05) is 0 Å². The lowest BCUT2D eigenvalue weighted by Gasteiger charge is -2.16. The summed E-state index contributed by atoms with van der Waals surface area (Å²) in [5.41, 5.74) is 0.400. The molecule has 0 radical (unpaired) electrons. The van der Waals surface area contributed by atoms with Gasteiger partial charge >= 0.3 is 5.97 Å². The van der Waals surface area contributed by atoms with Crippen molar-refractivity contribution in [2.24, 2.45) is 0 Å². The van der Waals surface area contributed by atoms with Crippen LogP contribution in [0.15, 0.2) is 22.2 Å². The Kier molecular flexibility index (Phi) is 7.95. The summed E-state index contributed by atoms with van der Waals surface area (Å²) < 4.78 is 16.2. The Morgan fingerprint density at radius 3 is 2.52 bits per heavy atom. The molecule has 0 spiro atoms. The van der Waals surface area contributed by atoms with E-state index in [2.05, 4.69) is 20.7 Å². The van der Waals surface area contributed by atoms with Crippen molar-refractivity contribution in [3.63, 3.8) is 0 Å². The number of carbonyl (C=O) groups is 2. The lowest BCUT2D eigenvalue weighted by atomic mass is 10.1. The number of hydrogen-bond donors (Lipinski definition) is 0. The van der Waals surface area contributed by atoms with Crippen LogP contribution in [0.1, 0.15) is 12.5 Å². The number of amides is 1. The highest BCUT2D eigenvalue weighted by Crippen LogP contribution is 2.37. The summed E-state index contributed by atoms with van der Waals surface area (Å²) in [6.45, 7) is 2.03. The van der Waals surface area contributed by atoms with Crippen molar-refractivity contribution in [1.82, 2.24) is 4.90 Å². The van der Waals surface area contributed by atoms with Gasteiger partial charge in [-0.2, -0.15) is 5.26 Å². The van der Waals surface area contributed by atoms with E-state index in [1.54, 1.807) is 39.2 Å². The van der Waals surface area contributed by atoms with E-state index in [9.17, 15) is 9.59 Å². The third-order valence-electron chi connectivity index (χ3n) is 3.01. The molecule has 0 aliphatic rings. The number of nitriles is 1. The minimum atomic E-state index is -0.728. The Labute approximate surface area is 154 Å². The van der Waals surface area contributed by atoms with Crippen molar-refractivity contribution in [2.75, 3.05) is 34.4 Å². The fraction of sp³-hybridized carbons (Fsp3) is 0.353. The Morgan fingerprint density at radius 1 is 1.32 bits per heavy atom. The van der Waals surface area contributed by atoms with E-state index in [1.165, 1.54) is 18.1 Å². The predicted octanol–water partition coefficient (Wildman–Crippen LogP) is 2.39. The van der Waals surface area contributed by atoms with Crippen LogP contribution >= 0.6 is 15.9 Å². The van der Waals surface area contributed by atoms with Crippen LogP contribution in [0.25, 0.3) is 6.08 Å². The largest absolute Gasteiger partial charge is 0.490 e. The van der Waals surface area contributed by atoms with E-state index in [0.29, 0.717) is 28.1 Å². The predicted molar refractivity (Wildman–Crippen MR) is 95.1 cm³/mol. The SMILES string of the molecule is CCOc1cc(/C=C(\C#N)C(=O)OC)cc(Br)c1OCC(=O)N(C)C. The molecule has 0 N–H and O–H groups in total. The maximum Gasteiger partial charge on any atom is 0.348 e. The van der Waals surface area contributed by atoms with Crippen molar-refractivity contribution < 1.29 is 23.8 Å². The van der Waals surface area contributed by atoms with Crippen molar-refractivity contribution in [3.8, 4) is 17.6 Å². The number of benzene rings is 1. The van der Waals surface area contributed by atoms with Crippen LogP contribution in [-0.4, -0.2) is 51.2 Å². The third kappa shape index (κ3) is 5.80. The molecule has 0 saturated heterocycles. The van der Waals surface area contributed by atoms with Crippen LogP contribution in [0.5, 0.6) is 11.5 Å². The van der Waals surface area contributed by atoms with Crippen LogP contribution in [0, 0.1) is 11.3 Å². The van der Waals surface area contributed by atoms with Crippen molar-refractivity contribution in [2.45, 2.75) is 6.92 Å². The lowest BCUT2D eigenvalue weighted by molar-refractivity contribution is -0.135. The number of carbonyl (C=O) groups excluding carboxylic acids is 2. The Bertz CT molecular complexity index is 722. The van der Waals surface area contributed by atoms with Crippen LogP contribution < -0.4 is 9.47 Å². The zero-order valence-corrected chi connectivity index (χ0v) is 16.0. The summed E-state index contributed by atoms with van der Waals surface area (Å²) in [5, 5.41) is 9.05. The van der Waals surface area contributed by atoms with E-state index in [0.717, 1.165) is 0 Å². The average Bonchev–Trinajstić information content (AvgIpc) is 2.58. The second-order valence-corrected chi connectivity index (χ2v) is 5.86. The van der Waals surface area contributed by atoms with Gasteiger partial charge in [0, 0.05) is 14.1 Å². The molecule has 0 bridgehead atoms. The monoisotopic (exact) mass is 410 g/mol. The number of nitrogens with zero attached hydrogens (tertiary/aromatic N) is 2.